The number of carbonyl (C=O) groups excluding carboxylic acids is 4. The summed E-state index contributed by atoms with van der Waals surface area (Å²) in [4.78, 5) is 109. The van der Waals surface area contributed by atoms with E-state index in [1.165, 1.54) is 31.2 Å². The average Bonchev–Trinajstić information content (AvgIpc) is 1.59. The van der Waals surface area contributed by atoms with E-state index < -0.39 is 0 Å². The molecule has 0 bridgehead atoms. The molecule has 0 spiro atoms. The van der Waals surface area contributed by atoms with Crippen LogP contribution in [-0.2, 0) is 26.2 Å². The molecule has 8 aromatic heterocycles. The third-order valence-electron chi connectivity index (χ3n) is 30.6. The van der Waals surface area contributed by atoms with Gasteiger partial charge < -0.3 is 58.4 Å². The standard InChI is InChI=1S/2C30H28N6O.C30H27N5OS.C28H27N7O/c1-34-29(37)23-19-35(18-20-13-15-21(16-14-20)24-10-5-6-17-31-24)28(32-22-8-3-2-4-9-22)27(23)36-26-12-7-11-25(26)33-30(34)36;1-34-29(37)27-26(36-25-9-5-8-24(25)33-30(34)36)19-35(28(27)32-23-6-3-2-4-7-23)18-20-10-12-21(13-11-20)22-14-16-31-17-15-22;1-33-28(36)27-26(35-25-12-7-11-24(25)32-30(33)35)19-34(29(27)37-22-8-3-2-4-9-22)18-20-13-15-21(16-14-20)23-10-5-6-17-31-23;1-32-27(36)25-24(35-23-9-5-8-22(23)31-28(32)35)17-34(26(25)30-20-6-3-2-4-7-20)16-19-10-12-21(13-11-19)33-15-14-29-18-33/h2-6,8-10,13-17,19,25-26,32H,7,11-12,18H2,1H3;2-4,6-7,10-17,19,24-25,32H,5,8-9,18H2,1H3;2-6,8-10,13-17,19,24-25H,7,11-12,18H2,1H3;2-4,6-7,10-15,17-18,22-23,30H,5,8-9,16H2,1H3/t25-,26+;2*24-,25+;22-,23+/m1111/s1. The maximum Gasteiger partial charge on any atom is 0.266 e. The Balaban J connectivity index is 0.000000102. The number of pyridine rings is 3. The molecule has 4 saturated carbocycles. The number of imidazole rings is 1. The predicted molar refractivity (Wildman–Crippen MR) is 580 cm³/mol. The molecule has 12 aliphatic rings. The highest BCUT2D eigenvalue weighted by Gasteiger charge is 2.54. The summed E-state index contributed by atoms with van der Waals surface area (Å²) in [5, 5.41) is 11.8. The van der Waals surface area contributed by atoms with Crippen LogP contribution in [0.2, 0.25) is 0 Å². The first-order valence-electron chi connectivity index (χ1n) is 51.0. The highest BCUT2D eigenvalue weighted by molar-refractivity contribution is 7.99. The van der Waals surface area contributed by atoms with Crippen LogP contribution >= 0.6 is 11.8 Å². The number of nitrogens with one attached hydrogen (secondary N) is 3. The molecule has 16 aromatic rings. The second-order valence-corrected chi connectivity index (χ2v) is 40.7. The van der Waals surface area contributed by atoms with Crippen LogP contribution in [0.4, 0.5) is 57.3 Å². The van der Waals surface area contributed by atoms with Gasteiger partial charge in [-0.25, -0.2) is 25.0 Å². The summed E-state index contributed by atoms with van der Waals surface area (Å²) in [6, 6.07) is 93.0. The van der Waals surface area contributed by atoms with E-state index in [-0.39, 0.29) is 47.8 Å². The molecule has 3 N–H and O–H groups in total. The third-order valence-corrected chi connectivity index (χ3v) is 31.7. The van der Waals surface area contributed by atoms with Crippen molar-refractivity contribution in [3.8, 4) is 39.3 Å². The van der Waals surface area contributed by atoms with E-state index >= 15 is 0 Å². The number of fused-ring (bicyclic) bond motifs is 20. The lowest BCUT2D eigenvalue weighted by atomic mass is 10.1. The molecule has 28 rings (SSSR count). The highest BCUT2D eigenvalue weighted by Crippen LogP contribution is 2.52. The normalized spacial score (nSPS) is 20.0. The molecule has 8 atom stereocenters. The van der Waals surface area contributed by atoms with Crippen molar-refractivity contribution in [3.05, 3.63) is 380 Å². The number of hydrogen-bond donors (Lipinski definition) is 3. The monoisotopic (exact) mass is 1960 g/mol. The number of carbonyl (C=O) groups is 4. The van der Waals surface area contributed by atoms with Crippen LogP contribution in [-0.4, -0.2) is 186 Å². The summed E-state index contributed by atoms with van der Waals surface area (Å²) >= 11 is 1.66. The summed E-state index contributed by atoms with van der Waals surface area (Å²) in [7, 11) is 7.40. The summed E-state index contributed by atoms with van der Waals surface area (Å²) < 4.78 is 10.7. The van der Waals surface area contributed by atoms with E-state index in [9.17, 15) is 19.2 Å². The van der Waals surface area contributed by atoms with Crippen LogP contribution in [0.1, 0.15) is 141 Å². The first-order chi connectivity index (χ1) is 72.2. The van der Waals surface area contributed by atoms with Gasteiger partial charge in [-0.15, -0.1) is 0 Å². The van der Waals surface area contributed by atoms with Crippen LogP contribution in [0, 0.1) is 0 Å². The average molecular weight is 1960 g/mol. The number of guanidine groups is 4. The lowest BCUT2D eigenvalue weighted by molar-refractivity contribution is 0.0854. The minimum Gasteiger partial charge on any atom is -0.341 e. The molecule has 0 unspecified atom stereocenters. The van der Waals surface area contributed by atoms with E-state index in [2.05, 4.69) is 214 Å². The van der Waals surface area contributed by atoms with E-state index in [1.807, 2.05) is 216 Å². The minimum absolute atomic E-state index is 0.00895. The molecule has 4 amide bonds. The van der Waals surface area contributed by atoms with Crippen LogP contribution < -0.4 is 35.6 Å². The minimum atomic E-state index is -0.0207. The molecular formula is C118H110N24O4S. The van der Waals surface area contributed by atoms with Gasteiger partial charge in [-0.3, -0.25) is 53.7 Å². The quantitative estimate of drug-likeness (QED) is 0.0641. The maximum absolute atomic E-state index is 13.7. The van der Waals surface area contributed by atoms with Crippen molar-refractivity contribution < 1.29 is 19.2 Å². The fourth-order valence-electron chi connectivity index (χ4n) is 23.3. The van der Waals surface area contributed by atoms with Crippen LogP contribution in [0.15, 0.2) is 365 Å². The van der Waals surface area contributed by atoms with Crippen LogP contribution in [0.25, 0.3) is 39.3 Å². The van der Waals surface area contributed by atoms with Gasteiger partial charge in [0.2, 0.25) is 23.8 Å². The molecule has 0 saturated heterocycles. The fourth-order valence-corrected chi connectivity index (χ4v) is 24.4. The number of amides is 4. The van der Waals surface area contributed by atoms with E-state index in [0.29, 0.717) is 61.5 Å². The Labute approximate surface area is 856 Å². The second kappa shape index (κ2) is 38.6. The highest BCUT2D eigenvalue weighted by atomic mass is 32.2. The predicted octanol–water partition coefficient (Wildman–Crippen LogP) is 21.6. The maximum atomic E-state index is 13.7. The number of anilines is 10. The molecule has 147 heavy (non-hydrogen) atoms. The van der Waals surface area contributed by atoms with Gasteiger partial charge in [-0.1, -0.05) is 182 Å². The number of para-hydroxylation sites is 3. The zero-order valence-electron chi connectivity index (χ0n) is 82.1. The number of benzene rings is 8. The third kappa shape index (κ3) is 17.0. The van der Waals surface area contributed by atoms with E-state index in [1.54, 1.807) is 43.9 Å². The van der Waals surface area contributed by atoms with Crippen molar-refractivity contribution in [2.45, 2.75) is 161 Å². The Morgan fingerprint density at radius 2 is 0.680 bits per heavy atom. The molecule has 4 fully saturated rings. The number of aromatic nitrogens is 9. The van der Waals surface area contributed by atoms with Gasteiger partial charge >= 0.3 is 0 Å². The zero-order valence-corrected chi connectivity index (χ0v) is 82.9. The SMILES string of the molecule is CN1C(=O)c2c(cn(Cc3ccc(-c4ccccn4)cc3)c2Sc2ccccc2)N2C1=N[C@@H]1CCC[C@@H]12.CN1C(=O)c2c(cn(Cc3ccc(-c4ccncc4)cc3)c2Nc2ccccc2)N2C1=N[C@@H]1CCC[C@@H]12.CN1C(=O)c2c(cn(Cc3ccc(-n4ccnc4)cc3)c2Nc2ccccc2)N2C1=N[C@@H]1CCC[C@@H]12.CN1C(=O)c2cn(Cc3ccc(-c4ccccn4)cc3)c(Nc3ccccc3)c2N2C1=N[C@@H]1CCC[C@@H]12. The Bertz CT molecular complexity index is 7430. The van der Waals surface area contributed by atoms with Crippen molar-refractivity contribution in [3.63, 3.8) is 0 Å². The molecular weight excluding hydrogens is 1850 g/mol. The van der Waals surface area contributed by atoms with Crippen LogP contribution in [0.3, 0.4) is 0 Å². The summed E-state index contributed by atoms with van der Waals surface area (Å²) in [6.07, 6.45) is 34.7. The molecule has 0 radical (unpaired) electrons. The fraction of sp³-hybridized carbons (Fsp3) is 0.237. The number of rotatable bonds is 20. The van der Waals surface area contributed by atoms with Crippen molar-refractivity contribution >= 4 is 116 Å². The smallest absolute Gasteiger partial charge is 0.266 e. The summed E-state index contributed by atoms with van der Waals surface area (Å²) in [6.45, 7) is 2.59. The number of hydrogen-bond acceptors (Lipinski definition) is 20. The lowest BCUT2D eigenvalue weighted by Gasteiger charge is -2.36. The van der Waals surface area contributed by atoms with Crippen molar-refractivity contribution in [2.24, 2.45) is 20.0 Å². The van der Waals surface area contributed by atoms with Crippen molar-refractivity contribution in [1.82, 2.24) is 62.4 Å². The molecule has 732 valence electrons. The van der Waals surface area contributed by atoms with Crippen molar-refractivity contribution in [2.75, 3.05) is 63.7 Å². The molecule has 28 nitrogen and oxygen atoms in total. The van der Waals surface area contributed by atoms with Gasteiger partial charge in [0, 0.05) is 155 Å². The number of nitrogens with zero attached hydrogens (tertiary/aromatic N) is 21. The Morgan fingerprint density at radius 1 is 0.320 bits per heavy atom. The molecule has 8 aromatic carbocycles. The second-order valence-electron chi connectivity index (χ2n) is 39.6. The first-order valence-corrected chi connectivity index (χ1v) is 51.8. The molecule has 8 aliphatic heterocycles. The topological polar surface area (TPSA) is 256 Å². The van der Waals surface area contributed by atoms with E-state index in [4.69, 9.17) is 20.0 Å². The Kier molecular flexibility index (Phi) is 24.0. The van der Waals surface area contributed by atoms with Gasteiger partial charge in [0.05, 0.1) is 105 Å². The van der Waals surface area contributed by atoms with Gasteiger partial charge in [-0.2, -0.15) is 0 Å². The van der Waals surface area contributed by atoms with Gasteiger partial charge in [0.1, 0.15) is 28.6 Å². The van der Waals surface area contributed by atoms with Gasteiger partial charge in [0.25, 0.3) is 23.6 Å². The molecule has 16 heterocycles. The van der Waals surface area contributed by atoms with Crippen molar-refractivity contribution in [1.29, 1.82) is 0 Å². The Morgan fingerprint density at radius 3 is 1.11 bits per heavy atom. The Hall–Kier alpha value is -17.0. The van der Waals surface area contributed by atoms with Crippen LogP contribution in [0.5, 0.6) is 0 Å². The van der Waals surface area contributed by atoms with Gasteiger partial charge in [-0.05, 0) is 207 Å². The largest absolute Gasteiger partial charge is 0.341 e. The van der Waals surface area contributed by atoms with Gasteiger partial charge in [0.15, 0.2) is 0 Å². The zero-order chi connectivity index (χ0) is 99.0. The molecule has 4 aliphatic carbocycles. The summed E-state index contributed by atoms with van der Waals surface area (Å²) in [5.41, 5.74) is 21.8. The van der Waals surface area contributed by atoms with E-state index in [0.717, 1.165) is 210 Å². The number of aliphatic imine (C=N–C) groups is 4. The first kappa shape index (κ1) is 91.3. The molecule has 29 heteroatoms. The summed E-state index contributed by atoms with van der Waals surface area (Å²) in [5.74, 6) is 5.69. The lowest BCUT2D eigenvalue weighted by Crippen LogP contribution is -2.51.